The third-order valence-electron chi connectivity index (χ3n) is 8.34. The molecule has 1 fully saturated rings. The molecule has 1 aromatic heterocycles. The van der Waals surface area contributed by atoms with Gasteiger partial charge in [0.25, 0.3) is 0 Å². The highest BCUT2D eigenvalue weighted by atomic mass is 19.1. The Morgan fingerprint density at radius 3 is 2.69 bits per heavy atom. The molecule has 35 heavy (non-hydrogen) atoms. The first kappa shape index (κ1) is 22.3. The quantitative estimate of drug-likeness (QED) is 0.430. The monoisotopic (exact) mass is 470 g/mol. The highest BCUT2D eigenvalue weighted by Gasteiger charge is 2.57. The third kappa shape index (κ3) is 3.65. The highest BCUT2D eigenvalue weighted by Crippen LogP contribution is 2.52. The van der Waals surface area contributed by atoms with Gasteiger partial charge in [-0.1, -0.05) is 54.6 Å². The number of rotatable bonds is 5. The van der Waals surface area contributed by atoms with Crippen molar-refractivity contribution in [2.75, 3.05) is 26.7 Å². The molecule has 1 saturated heterocycles. The molecule has 2 atom stereocenters. The van der Waals surface area contributed by atoms with Gasteiger partial charge < -0.3 is 19.7 Å². The van der Waals surface area contributed by atoms with E-state index in [1.54, 1.807) is 13.2 Å². The fourth-order valence-electron chi connectivity index (χ4n) is 6.46. The molecule has 180 valence electrons. The zero-order valence-corrected chi connectivity index (χ0v) is 20.1. The number of piperidine rings is 1. The minimum Gasteiger partial charge on any atom is -0.497 e. The van der Waals surface area contributed by atoms with Crippen molar-refractivity contribution in [1.82, 2.24) is 9.88 Å². The van der Waals surface area contributed by atoms with E-state index in [-0.39, 0.29) is 5.82 Å². The Kier molecular flexibility index (Phi) is 5.42. The number of hydrogen-bond donors (Lipinski definition) is 2. The van der Waals surface area contributed by atoms with Crippen molar-refractivity contribution in [2.24, 2.45) is 0 Å². The molecule has 4 nitrogen and oxygen atoms in total. The summed E-state index contributed by atoms with van der Waals surface area (Å²) in [5.41, 5.74) is 3.56. The number of likely N-dealkylation sites (tertiary alicyclic amines) is 1. The summed E-state index contributed by atoms with van der Waals surface area (Å²) in [6, 6.07) is 23.9. The van der Waals surface area contributed by atoms with Gasteiger partial charge in [0, 0.05) is 42.4 Å². The number of aromatic nitrogens is 1. The number of fused-ring (bicyclic) bond motifs is 4. The van der Waals surface area contributed by atoms with Crippen LogP contribution in [0, 0.1) is 5.82 Å². The van der Waals surface area contributed by atoms with Gasteiger partial charge >= 0.3 is 0 Å². The number of para-hydroxylation sites is 1. The molecule has 0 radical (unpaired) electrons. The molecule has 6 rings (SSSR count). The van der Waals surface area contributed by atoms with Crippen LogP contribution in [0.3, 0.4) is 0 Å². The summed E-state index contributed by atoms with van der Waals surface area (Å²) < 4.78 is 20.2. The fraction of sp³-hybridized carbons (Fsp3) is 0.333. The molecule has 0 unspecified atom stereocenters. The second kappa shape index (κ2) is 8.51. The number of benzene rings is 3. The Labute approximate surface area is 205 Å². The summed E-state index contributed by atoms with van der Waals surface area (Å²) in [7, 11) is 1.68. The molecule has 0 spiro atoms. The largest absolute Gasteiger partial charge is 0.497 e. The fourth-order valence-corrected chi connectivity index (χ4v) is 6.46. The van der Waals surface area contributed by atoms with E-state index >= 15 is 0 Å². The molecule has 4 aromatic rings. The van der Waals surface area contributed by atoms with Crippen LogP contribution in [0.4, 0.5) is 4.39 Å². The van der Waals surface area contributed by atoms with E-state index in [1.165, 1.54) is 11.6 Å². The van der Waals surface area contributed by atoms with Gasteiger partial charge in [-0.05, 0) is 54.3 Å². The van der Waals surface area contributed by atoms with Gasteiger partial charge in [-0.3, -0.25) is 0 Å². The van der Waals surface area contributed by atoms with Crippen LogP contribution in [0.1, 0.15) is 28.8 Å². The van der Waals surface area contributed by atoms with Crippen LogP contribution in [0.2, 0.25) is 0 Å². The topological polar surface area (TPSA) is 48.5 Å². The van der Waals surface area contributed by atoms with Crippen molar-refractivity contribution in [3.8, 4) is 5.75 Å². The Morgan fingerprint density at radius 2 is 1.86 bits per heavy atom. The maximum Gasteiger partial charge on any atom is 0.147 e. The number of methoxy groups -OCH3 is 1. The molecule has 2 aliphatic rings. The van der Waals surface area contributed by atoms with Gasteiger partial charge in [0.15, 0.2) is 0 Å². The molecule has 2 heterocycles. The average Bonchev–Trinajstić information content (AvgIpc) is 3.24. The van der Waals surface area contributed by atoms with E-state index in [4.69, 9.17) is 4.74 Å². The zero-order chi connectivity index (χ0) is 24.0. The number of aromatic amines is 1. The number of hydrogen-bond acceptors (Lipinski definition) is 3. The molecule has 0 bridgehead atoms. The maximum atomic E-state index is 14.7. The number of ether oxygens (including phenoxy) is 1. The standard InChI is InChI=1S/C30H31FN2O2/c1-35-23-10-5-9-22(17-23)29-14-16-33(15-13-21-7-3-2-4-8-21)20-30(29,34)18-25-24-11-6-12-26(31)28(24)32-27(25)19-29/h2-12,17,32,34H,13-16,18-20H2,1H3/t29-,30-/m0/s1. The summed E-state index contributed by atoms with van der Waals surface area (Å²) in [6.07, 6.45) is 2.91. The van der Waals surface area contributed by atoms with Crippen LogP contribution < -0.4 is 4.74 Å². The molecule has 5 heteroatoms. The first-order valence-corrected chi connectivity index (χ1v) is 12.4. The van der Waals surface area contributed by atoms with Crippen LogP contribution in [-0.2, 0) is 24.7 Å². The molecule has 2 N–H and O–H groups in total. The van der Waals surface area contributed by atoms with Crippen molar-refractivity contribution < 1.29 is 14.2 Å². The molecule has 1 aliphatic heterocycles. The Morgan fingerprint density at radius 1 is 1.03 bits per heavy atom. The van der Waals surface area contributed by atoms with Crippen LogP contribution in [0.5, 0.6) is 5.75 Å². The Balaban J connectivity index is 1.41. The lowest BCUT2D eigenvalue weighted by Crippen LogP contribution is -2.66. The first-order chi connectivity index (χ1) is 17.0. The number of halogens is 1. The average molecular weight is 471 g/mol. The van der Waals surface area contributed by atoms with Gasteiger partial charge in [-0.15, -0.1) is 0 Å². The summed E-state index contributed by atoms with van der Waals surface area (Å²) >= 11 is 0. The maximum absolute atomic E-state index is 14.7. The van der Waals surface area contributed by atoms with Crippen LogP contribution in [0.25, 0.3) is 10.9 Å². The van der Waals surface area contributed by atoms with Crippen LogP contribution in [-0.4, -0.2) is 47.3 Å². The first-order valence-electron chi connectivity index (χ1n) is 12.4. The van der Waals surface area contributed by atoms with Crippen LogP contribution >= 0.6 is 0 Å². The normalized spacial score (nSPS) is 24.2. The molecule has 0 amide bonds. The summed E-state index contributed by atoms with van der Waals surface area (Å²) in [5, 5.41) is 13.4. The predicted octanol–water partition coefficient (Wildman–Crippen LogP) is 5.03. The van der Waals surface area contributed by atoms with Crippen molar-refractivity contribution in [2.45, 2.75) is 36.7 Å². The van der Waals surface area contributed by atoms with Gasteiger partial charge in [-0.2, -0.15) is 0 Å². The summed E-state index contributed by atoms with van der Waals surface area (Å²) in [6.45, 7) is 2.38. The zero-order valence-electron chi connectivity index (χ0n) is 20.1. The van der Waals surface area contributed by atoms with Gasteiger partial charge in [0.2, 0.25) is 0 Å². The third-order valence-corrected chi connectivity index (χ3v) is 8.34. The van der Waals surface area contributed by atoms with Crippen molar-refractivity contribution in [1.29, 1.82) is 0 Å². The summed E-state index contributed by atoms with van der Waals surface area (Å²) in [5.74, 6) is 0.547. The van der Waals surface area contributed by atoms with Crippen molar-refractivity contribution in [3.05, 3.63) is 101 Å². The van der Waals surface area contributed by atoms with Gasteiger partial charge in [-0.25, -0.2) is 4.39 Å². The number of nitrogens with one attached hydrogen (secondary N) is 1. The molecule has 0 saturated carbocycles. The number of H-pyrrole nitrogens is 1. The minimum absolute atomic E-state index is 0.244. The van der Waals surface area contributed by atoms with Crippen LogP contribution in [0.15, 0.2) is 72.8 Å². The van der Waals surface area contributed by atoms with Crippen molar-refractivity contribution in [3.63, 3.8) is 0 Å². The van der Waals surface area contributed by atoms with Gasteiger partial charge in [0.05, 0.1) is 18.2 Å². The van der Waals surface area contributed by atoms with E-state index in [9.17, 15) is 9.50 Å². The molecular formula is C30H31FN2O2. The Hall–Kier alpha value is -3.15. The molecular weight excluding hydrogens is 439 g/mol. The SMILES string of the molecule is COc1cccc([C@@]23CCN(CCc4ccccc4)C[C@@]2(O)Cc2c([nH]c4c(F)cccc24)C3)c1. The highest BCUT2D eigenvalue weighted by molar-refractivity contribution is 5.86. The number of β-amino-alcohol motifs (C(OH)–C–C–N with tert-alkyl or cyclic N) is 1. The number of nitrogens with zero attached hydrogens (tertiary/aromatic N) is 1. The van der Waals surface area contributed by atoms with E-state index < -0.39 is 11.0 Å². The predicted molar refractivity (Wildman–Crippen MR) is 136 cm³/mol. The second-order valence-corrected chi connectivity index (χ2v) is 10.2. The van der Waals surface area contributed by atoms with Crippen molar-refractivity contribution >= 4 is 10.9 Å². The summed E-state index contributed by atoms with van der Waals surface area (Å²) in [4.78, 5) is 5.78. The minimum atomic E-state index is -0.983. The molecule has 3 aromatic carbocycles. The lowest BCUT2D eigenvalue weighted by Gasteiger charge is -2.56. The number of aliphatic hydroxyl groups is 1. The van der Waals surface area contributed by atoms with E-state index in [1.807, 2.05) is 24.3 Å². The second-order valence-electron chi connectivity index (χ2n) is 10.2. The van der Waals surface area contributed by atoms with Gasteiger partial charge in [0.1, 0.15) is 11.6 Å². The smallest absolute Gasteiger partial charge is 0.147 e. The Bertz CT molecular complexity index is 1370. The lowest BCUT2D eigenvalue weighted by molar-refractivity contribution is -0.102. The van der Waals surface area contributed by atoms with E-state index in [0.717, 1.165) is 53.9 Å². The van der Waals surface area contributed by atoms with E-state index in [0.29, 0.717) is 24.9 Å². The lowest BCUT2D eigenvalue weighted by atomic mass is 9.56. The van der Waals surface area contributed by atoms with E-state index in [2.05, 4.69) is 46.3 Å². The molecule has 1 aliphatic carbocycles.